The van der Waals surface area contributed by atoms with Crippen LogP contribution in [-0.2, 0) is 0 Å². The van der Waals surface area contributed by atoms with E-state index in [1.807, 2.05) is 6.07 Å². The summed E-state index contributed by atoms with van der Waals surface area (Å²) in [5, 5.41) is 11.7. The van der Waals surface area contributed by atoms with Crippen LogP contribution in [0.1, 0.15) is 45.1 Å². The van der Waals surface area contributed by atoms with Crippen LogP contribution < -0.4 is 9.62 Å². The molecule has 0 radical (unpaired) electrons. The number of thiol groups is 1. The first kappa shape index (κ1) is 20.3. The molecule has 0 atom stereocenters. The number of amides is 2. The standard InChI is InChI=1S/C18H28N4OS/c1-3-12-21(13-4-2)14-6-5-11-20-18(23)22(24)17-9-7-16(15-19)8-10-17/h7-10,24H,3-6,11-14H2,1-2H3,(H,20,23). The average molecular weight is 349 g/mol. The average Bonchev–Trinajstić information content (AvgIpc) is 2.61. The maximum atomic E-state index is 12.1. The van der Waals surface area contributed by atoms with Crippen LogP contribution in [0, 0.1) is 11.3 Å². The van der Waals surface area contributed by atoms with Gasteiger partial charge in [-0.05, 0) is 69.6 Å². The molecule has 0 aliphatic carbocycles. The second kappa shape index (κ2) is 11.8. The van der Waals surface area contributed by atoms with Crippen LogP contribution in [0.25, 0.3) is 0 Å². The van der Waals surface area contributed by atoms with Crippen LogP contribution in [0.5, 0.6) is 0 Å². The van der Waals surface area contributed by atoms with Gasteiger partial charge in [-0.15, -0.1) is 0 Å². The predicted molar refractivity (Wildman–Crippen MR) is 102 cm³/mol. The van der Waals surface area contributed by atoms with Crippen molar-refractivity contribution in [3.8, 4) is 6.07 Å². The van der Waals surface area contributed by atoms with Gasteiger partial charge in [0.25, 0.3) is 0 Å². The summed E-state index contributed by atoms with van der Waals surface area (Å²) >= 11 is 4.22. The van der Waals surface area contributed by atoms with Crippen molar-refractivity contribution in [3.63, 3.8) is 0 Å². The van der Waals surface area contributed by atoms with E-state index in [-0.39, 0.29) is 6.03 Å². The SMILES string of the molecule is CCCN(CCC)CCCCNC(=O)N(S)c1ccc(C#N)cc1. The molecule has 0 spiro atoms. The summed E-state index contributed by atoms with van der Waals surface area (Å²) in [7, 11) is 0. The third kappa shape index (κ3) is 7.24. The van der Waals surface area contributed by atoms with E-state index in [1.165, 1.54) is 17.1 Å². The summed E-state index contributed by atoms with van der Waals surface area (Å²) in [4.78, 5) is 14.5. The quantitative estimate of drug-likeness (QED) is 0.499. The first-order valence-corrected chi connectivity index (χ1v) is 9.01. The molecule has 0 saturated carbocycles. The fourth-order valence-corrected chi connectivity index (χ4v) is 2.70. The monoisotopic (exact) mass is 348 g/mol. The highest BCUT2D eigenvalue weighted by Gasteiger charge is 2.11. The third-order valence-corrected chi connectivity index (χ3v) is 4.10. The van der Waals surface area contributed by atoms with E-state index in [0.717, 1.165) is 32.5 Å². The van der Waals surface area contributed by atoms with Crippen molar-refractivity contribution in [2.45, 2.75) is 39.5 Å². The maximum Gasteiger partial charge on any atom is 0.331 e. The second-order valence-electron chi connectivity index (χ2n) is 5.75. The van der Waals surface area contributed by atoms with E-state index < -0.39 is 0 Å². The molecule has 0 aromatic heterocycles. The van der Waals surface area contributed by atoms with Crippen molar-refractivity contribution in [2.24, 2.45) is 0 Å². The number of carbonyl (C=O) groups is 1. The van der Waals surface area contributed by atoms with Crippen LogP contribution >= 0.6 is 12.8 Å². The summed E-state index contributed by atoms with van der Waals surface area (Å²) in [6, 6.07) is 8.55. The molecular formula is C18H28N4OS. The number of nitrogens with zero attached hydrogens (tertiary/aromatic N) is 3. The molecule has 1 aromatic carbocycles. The Hall–Kier alpha value is -1.71. The molecule has 0 aliphatic rings. The lowest BCUT2D eigenvalue weighted by molar-refractivity contribution is 0.248. The molecule has 0 unspecified atom stereocenters. The van der Waals surface area contributed by atoms with E-state index in [2.05, 4.69) is 36.9 Å². The number of rotatable bonds is 10. The minimum Gasteiger partial charge on any atom is -0.337 e. The summed E-state index contributed by atoms with van der Waals surface area (Å²) in [5.41, 5.74) is 1.21. The Bertz CT molecular complexity index is 521. The lowest BCUT2D eigenvalue weighted by Crippen LogP contribution is -2.35. The lowest BCUT2D eigenvalue weighted by Gasteiger charge is -2.21. The molecule has 5 nitrogen and oxygen atoms in total. The van der Waals surface area contributed by atoms with E-state index in [0.29, 0.717) is 17.8 Å². The molecular weight excluding hydrogens is 320 g/mol. The van der Waals surface area contributed by atoms with Gasteiger partial charge in [0.1, 0.15) is 0 Å². The molecule has 0 saturated heterocycles. The third-order valence-electron chi connectivity index (χ3n) is 3.69. The van der Waals surface area contributed by atoms with Gasteiger partial charge in [0, 0.05) is 6.54 Å². The molecule has 0 fully saturated rings. The predicted octanol–water partition coefficient (Wildman–Crippen LogP) is 3.82. The fourth-order valence-electron chi connectivity index (χ4n) is 2.49. The Morgan fingerprint density at radius 2 is 1.75 bits per heavy atom. The first-order chi connectivity index (χ1) is 11.6. The van der Waals surface area contributed by atoms with Crippen molar-refractivity contribution < 1.29 is 4.79 Å². The molecule has 1 N–H and O–H groups in total. The van der Waals surface area contributed by atoms with Gasteiger partial charge >= 0.3 is 6.03 Å². The molecule has 0 aliphatic heterocycles. The summed E-state index contributed by atoms with van der Waals surface area (Å²) in [6.07, 6.45) is 4.38. The van der Waals surface area contributed by atoms with Crippen molar-refractivity contribution >= 4 is 24.5 Å². The second-order valence-corrected chi connectivity index (χ2v) is 6.15. The molecule has 24 heavy (non-hydrogen) atoms. The zero-order chi connectivity index (χ0) is 17.8. The zero-order valence-corrected chi connectivity index (χ0v) is 15.6. The molecule has 2 amide bonds. The van der Waals surface area contributed by atoms with Crippen molar-refractivity contribution in [3.05, 3.63) is 29.8 Å². The van der Waals surface area contributed by atoms with Crippen molar-refractivity contribution in [1.29, 1.82) is 5.26 Å². The maximum absolute atomic E-state index is 12.1. The normalized spacial score (nSPS) is 10.5. The van der Waals surface area contributed by atoms with Gasteiger partial charge < -0.3 is 10.2 Å². The van der Waals surface area contributed by atoms with Gasteiger partial charge in [0.15, 0.2) is 0 Å². The number of nitrogens with one attached hydrogen (secondary N) is 1. The fraction of sp³-hybridized carbons (Fsp3) is 0.556. The van der Waals surface area contributed by atoms with E-state index >= 15 is 0 Å². The largest absolute Gasteiger partial charge is 0.337 e. The Labute approximate surface area is 151 Å². The minimum atomic E-state index is -0.248. The highest BCUT2D eigenvalue weighted by atomic mass is 32.1. The number of unbranched alkanes of at least 4 members (excludes halogenated alkanes) is 1. The Morgan fingerprint density at radius 1 is 1.12 bits per heavy atom. The summed E-state index contributed by atoms with van der Waals surface area (Å²) in [6.45, 7) is 8.41. The molecule has 1 rings (SSSR count). The van der Waals surface area contributed by atoms with E-state index in [1.54, 1.807) is 24.3 Å². The van der Waals surface area contributed by atoms with Crippen LogP contribution in [0.2, 0.25) is 0 Å². The highest BCUT2D eigenvalue weighted by Crippen LogP contribution is 2.16. The Morgan fingerprint density at radius 3 is 2.29 bits per heavy atom. The Balaban J connectivity index is 2.28. The van der Waals surface area contributed by atoms with Gasteiger partial charge in [0.05, 0.1) is 17.3 Å². The number of nitriles is 1. The highest BCUT2D eigenvalue weighted by molar-refractivity contribution is 7.82. The zero-order valence-electron chi connectivity index (χ0n) is 14.7. The number of carbonyl (C=O) groups excluding carboxylic acids is 1. The van der Waals surface area contributed by atoms with Gasteiger partial charge in [-0.2, -0.15) is 5.26 Å². The lowest BCUT2D eigenvalue weighted by atomic mass is 10.2. The van der Waals surface area contributed by atoms with Gasteiger partial charge in [-0.25, -0.2) is 9.10 Å². The first-order valence-electron chi connectivity index (χ1n) is 8.61. The summed E-state index contributed by atoms with van der Waals surface area (Å²) in [5.74, 6) is 0. The number of hydrogen-bond acceptors (Lipinski definition) is 4. The number of benzene rings is 1. The van der Waals surface area contributed by atoms with E-state index in [9.17, 15) is 4.79 Å². The van der Waals surface area contributed by atoms with Crippen molar-refractivity contribution in [1.82, 2.24) is 10.2 Å². The van der Waals surface area contributed by atoms with Crippen molar-refractivity contribution in [2.75, 3.05) is 30.5 Å². The Kier molecular flexibility index (Phi) is 9.97. The van der Waals surface area contributed by atoms with Crippen LogP contribution in [0.3, 0.4) is 0 Å². The number of anilines is 1. The van der Waals surface area contributed by atoms with Gasteiger partial charge in [-0.3, -0.25) is 0 Å². The molecule has 1 aromatic rings. The van der Waals surface area contributed by atoms with Crippen LogP contribution in [-0.4, -0.2) is 37.1 Å². The van der Waals surface area contributed by atoms with Crippen LogP contribution in [0.4, 0.5) is 10.5 Å². The molecule has 132 valence electrons. The smallest absolute Gasteiger partial charge is 0.331 e. The van der Waals surface area contributed by atoms with E-state index in [4.69, 9.17) is 5.26 Å². The molecule has 0 bridgehead atoms. The van der Waals surface area contributed by atoms with Gasteiger partial charge in [0.2, 0.25) is 0 Å². The number of hydrogen-bond donors (Lipinski definition) is 2. The molecule has 6 heteroatoms. The van der Waals surface area contributed by atoms with Crippen LogP contribution in [0.15, 0.2) is 24.3 Å². The topological polar surface area (TPSA) is 59.4 Å². The molecule has 0 heterocycles. The summed E-state index contributed by atoms with van der Waals surface area (Å²) < 4.78 is 1.27. The minimum absolute atomic E-state index is 0.248. The van der Waals surface area contributed by atoms with Gasteiger partial charge in [-0.1, -0.05) is 26.7 Å². The number of urea groups is 1.